The fraction of sp³-hybridized carbons (Fsp3) is 0.292. The van der Waals surface area contributed by atoms with Crippen molar-refractivity contribution < 1.29 is 23.8 Å². The minimum Gasteiger partial charge on any atom is -0.497 e. The second-order valence-corrected chi connectivity index (χ2v) is 7.75. The zero-order chi connectivity index (χ0) is 24.5. The lowest BCUT2D eigenvalue weighted by Crippen LogP contribution is -2.41. The van der Waals surface area contributed by atoms with E-state index < -0.39 is 5.91 Å². The van der Waals surface area contributed by atoms with Crippen molar-refractivity contribution in [1.29, 1.82) is 0 Å². The number of aromatic nitrogens is 2. The molecule has 1 N–H and O–H groups in total. The molecule has 0 saturated carbocycles. The average Bonchev–Trinajstić information content (AvgIpc) is 3.25. The third-order valence-corrected chi connectivity index (χ3v) is 5.22. The summed E-state index contributed by atoms with van der Waals surface area (Å²) in [4.78, 5) is 31.2. The molecule has 1 aromatic heterocycles. The van der Waals surface area contributed by atoms with Crippen LogP contribution in [-0.4, -0.2) is 73.9 Å². The first-order valence-corrected chi connectivity index (χ1v) is 10.9. The Morgan fingerprint density at radius 1 is 1.03 bits per heavy atom. The van der Waals surface area contributed by atoms with E-state index in [1.54, 1.807) is 23.8 Å². The van der Waals surface area contributed by atoms with E-state index in [2.05, 4.69) is 10.3 Å². The van der Waals surface area contributed by atoms with Crippen LogP contribution in [0.25, 0.3) is 16.9 Å². The van der Waals surface area contributed by atoms with Crippen molar-refractivity contribution >= 4 is 29.4 Å². The molecule has 10 heteroatoms. The summed E-state index contributed by atoms with van der Waals surface area (Å²) in [7, 11) is 4.55. The molecule has 0 aliphatic rings. The van der Waals surface area contributed by atoms with E-state index in [1.807, 2.05) is 42.6 Å². The van der Waals surface area contributed by atoms with Gasteiger partial charge in [0.2, 0.25) is 17.8 Å². The van der Waals surface area contributed by atoms with Gasteiger partial charge in [0.1, 0.15) is 18.9 Å². The molecule has 3 aromatic rings. The van der Waals surface area contributed by atoms with Crippen LogP contribution in [-0.2, 0) is 19.1 Å². The Kier molecular flexibility index (Phi) is 9.03. The van der Waals surface area contributed by atoms with Gasteiger partial charge in [-0.2, -0.15) is 0 Å². The first kappa shape index (κ1) is 25.2. The number of nitrogens with one attached hydrogen (secondary N) is 1. The Labute approximate surface area is 203 Å². The summed E-state index contributed by atoms with van der Waals surface area (Å²) in [5.74, 6) is 0.308. The molecule has 3 rings (SSSR count). The minimum absolute atomic E-state index is 0.127. The maximum Gasteiger partial charge on any atom is 0.249 e. The van der Waals surface area contributed by atoms with Gasteiger partial charge in [-0.1, -0.05) is 23.7 Å². The van der Waals surface area contributed by atoms with Crippen LogP contribution in [0.4, 0.5) is 5.95 Å². The molecule has 0 fully saturated rings. The second-order valence-electron chi connectivity index (χ2n) is 7.31. The van der Waals surface area contributed by atoms with Gasteiger partial charge in [-0.3, -0.25) is 19.5 Å². The molecule has 0 aliphatic carbocycles. The summed E-state index contributed by atoms with van der Waals surface area (Å²) in [6, 6.07) is 14.6. The van der Waals surface area contributed by atoms with Crippen LogP contribution in [0.15, 0.2) is 54.7 Å². The van der Waals surface area contributed by atoms with E-state index >= 15 is 0 Å². The SMILES string of the molecule is COCCN(CC(=O)Nc1nc(-c2ccc(Cl)cc2)cn1-c1ccc(OC)cc1)C(=O)COC. The minimum atomic E-state index is -0.399. The zero-order valence-electron chi connectivity index (χ0n) is 19.3. The summed E-state index contributed by atoms with van der Waals surface area (Å²) >= 11 is 6.02. The number of amides is 2. The molecule has 2 amide bonds. The highest BCUT2D eigenvalue weighted by atomic mass is 35.5. The molecule has 0 atom stereocenters. The van der Waals surface area contributed by atoms with E-state index in [-0.39, 0.29) is 25.6 Å². The molecule has 0 spiro atoms. The number of halogens is 1. The number of hydrogen-bond acceptors (Lipinski definition) is 6. The third-order valence-electron chi connectivity index (χ3n) is 4.97. The molecule has 0 radical (unpaired) electrons. The lowest BCUT2D eigenvalue weighted by molar-refractivity contribution is -0.138. The van der Waals surface area contributed by atoms with E-state index in [9.17, 15) is 9.59 Å². The molecule has 9 nitrogen and oxygen atoms in total. The Hall–Kier alpha value is -3.40. The number of hydrogen-bond donors (Lipinski definition) is 1. The van der Waals surface area contributed by atoms with E-state index in [0.29, 0.717) is 29.0 Å². The van der Waals surface area contributed by atoms with E-state index in [4.69, 9.17) is 25.8 Å². The predicted molar refractivity (Wildman–Crippen MR) is 130 cm³/mol. The topological polar surface area (TPSA) is 94.9 Å². The van der Waals surface area contributed by atoms with Crippen molar-refractivity contribution in [2.45, 2.75) is 0 Å². The summed E-state index contributed by atoms with van der Waals surface area (Å²) in [5.41, 5.74) is 2.26. The molecular weight excluding hydrogens is 460 g/mol. The molecule has 0 aliphatic heterocycles. The number of carbonyl (C=O) groups excluding carboxylic acids is 2. The van der Waals surface area contributed by atoms with E-state index in [0.717, 1.165) is 11.3 Å². The lowest BCUT2D eigenvalue weighted by atomic mass is 10.2. The molecule has 0 saturated heterocycles. The Morgan fingerprint density at radius 2 is 1.74 bits per heavy atom. The first-order chi connectivity index (χ1) is 16.4. The molecule has 34 heavy (non-hydrogen) atoms. The molecule has 180 valence electrons. The number of methoxy groups -OCH3 is 3. The van der Waals surface area contributed by atoms with Crippen molar-refractivity contribution in [3.63, 3.8) is 0 Å². The van der Waals surface area contributed by atoms with Crippen LogP contribution in [0, 0.1) is 0 Å². The fourth-order valence-electron chi connectivity index (χ4n) is 3.21. The quantitative estimate of drug-likeness (QED) is 0.447. The standard InChI is InChI=1S/C24H27ClN4O5/c1-32-13-12-28(23(31)16-33-2)15-22(30)27-24-26-21(17-4-6-18(25)7-5-17)14-29(24)19-8-10-20(34-3)11-9-19/h4-11,14H,12-13,15-16H2,1-3H3,(H,26,27,30). The highest BCUT2D eigenvalue weighted by molar-refractivity contribution is 6.30. The predicted octanol–water partition coefficient (Wildman–Crippen LogP) is 3.26. The van der Waals surface area contributed by atoms with Crippen LogP contribution in [0.3, 0.4) is 0 Å². The number of imidazole rings is 1. The summed E-state index contributed by atoms with van der Waals surface area (Å²) < 4.78 is 17.0. The highest BCUT2D eigenvalue weighted by Gasteiger charge is 2.19. The lowest BCUT2D eigenvalue weighted by Gasteiger charge is -2.21. The average molecular weight is 487 g/mol. The number of carbonyl (C=O) groups is 2. The molecular formula is C24H27ClN4O5. The summed E-state index contributed by atoms with van der Waals surface area (Å²) in [6.45, 7) is 0.258. The number of rotatable bonds is 11. The normalized spacial score (nSPS) is 10.7. The maximum absolute atomic E-state index is 12.9. The van der Waals surface area contributed by atoms with Crippen LogP contribution in [0.1, 0.15) is 0 Å². The maximum atomic E-state index is 12.9. The molecule has 0 bridgehead atoms. The molecule has 0 unspecified atom stereocenters. The third kappa shape index (κ3) is 6.57. The first-order valence-electron chi connectivity index (χ1n) is 10.5. The van der Waals surface area contributed by atoms with Gasteiger partial charge >= 0.3 is 0 Å². The van der Waals surface area contributed by atoms with Gasteiger partial charge in [0.25, 0.3) is 0 Å². The number of benzene rings is 2. The monoisotopic (exact) mass is 486 g/mol. The van der Waals surface area contributed by atoms with Crippen molar-refractivity contribution in [2.24, 2.45) is 0 Å². The van der Waals surface area contributed by atoms with Gasteiger partial charge in [-0.25, -0.2) is 4.98 Å². The Morgan fingerprint density at radius 3 is 2.35 bits per heavy atom. The second kappa shape index (κ2) is 12.2. The van der Waals surface area contributed by atoms with Gasteiger partial charge in [0, 0.05) is 43.2 Å². The van der Waals surface area contributed by atoms with Crippen molar-refractivity contribution in [2.75, 3.05) is 52.9 Å². The largest absolute Gasteiger partial charge is 0.497 e. The zero-order valence-corrected chi connectivity index (χ0v) is 20.0. The van der Waals surface area contributed by atoms with Gasteiger partial charge in [-0.15, -0.1) is 0 Å². The summed E-state index contributed by atoms with van der Waals surface area (Å²) in [6.07, 6.45) is 1.82. The van der Waals surface area contributed by atoms with E-state index in [1.165, 1.54) is 19.1 Å². The number of anilines is 1. The van der Waals surface area contributed by atoms with Gasteiger partial charge in [0.15, 0.2) is 0 Å². The van der Waals surface area contributed by atoms with Gasteiger partial charge in [0.05, 0.1) is 19.4 Å². The smallest absolute Gasteiger partial charge is 0.249 e. The number of nitrogens with zero attached hydrogens (tertiary/aromatic N) is 3. The Balaban J connectivity index is 1.89. The summed E-state index contributed by atoms with van der Waals surface area (Å²) in [5, 5.41) is 3.44. The van der Waals surface area contributed by atoms with Crippen LogP contribution >= 0.6 is 11.6 Å². The van der Waals surface area contributed by atoms with Gasteiger partial charge in [-0.05, 0) is 36.4 Å². The van der Waals surface area contributed by atoms with Crippen LogP contribution in [0.5, 0.6) is 5.75 Å². The van der Waals surface area contributed by atoms with Crippen LogP contribution < -0.4 is 10.1 Å². The van der Waals surface area contributed by atoms with Crippen LogP contribution in [0.2, 0.25) is 5.02 Å². The highest BCUT2D eigenvalue weighted by Crippen LogP contribution is 2.26. The van der Waals surface area contributed by atoms with Crippen molar-refractivity contribution in [3.8, 4) is 22.7 Å². The van der Waals surface area contributed by atoms with Crippen molar-refractivity contribution in [1.82, 2.24) is 14.5 Å². The van der Waals surface area contributed by atoms with Crippen molar-refractivity contribution in [3.05, 3.63) is 59.8 Å². The van der Waals surface area contributed by atoms with Gasteiger partial charge < -0.3 is 19.1 Å². The molecule has 2 aromatic carbocycles. The Bertz CT molecular complexity index is 1100. The fourth-order valence-corrected chi connectivity index (χ4v) is 3.34. The number of ether oxygens (including phenoxy) is 3. The molecule has 1 heterocycles.